The van der Waals surface area contributed by atoms with Gasteiger partial charge in [0.15, 0.2) is 0 Å². The fourth-order valence-electron chi connectivity index (χ4n) is 1.92. The highest BCUT2D eigenvalue weighted by atomic mass is 32.2. The first kappa shape index (κ1) is 14.7. The molecule has 0 spiro atoms. The summed E-state index contributed by atoms with van der Waals surface area (Å²) in [6, 6.07) is 0.0331. The summed E-state index contributed by atoms with van der Waals surface area (Å²) in [6.45, 7) is 7.36. The van der Waals surface area contributed by atoms with Crippen LogP contribution in [0.15, 0.2) is 11.6 Å². The third-order valence-corrected chi connectivity index (χ3v) is 5.44. The Morgan fingerprint density at radius 1 is 1.41 bits per heavy atom. The predicted molar refractivity (Wildman–Crippen MR) is 72.4 cm³/mol. The average Bonchev–Trinajstić information content (AvgIpc) is 2.60. The summed E-state index contributed by atoms with van der Waals surface area (Å²) in [4.78, 5) is 0. The van der Waals surface area contributed by atoms with Gasteiger partial charge in [0.2, 0.25) is 10.0 Å². The Balaban J connectivity index is 2.67. The number of sulfonamides is 1. The van der Waals surface area contributed by atoms with Crippen LogP contribution in [0.25, 0.3) is 0 Å². The van der Waals surface area contributed by atoms with Crippen LogP contribution in [0.3, 0.4) is 0 Å². The first-order chi connectivity index (χ1) is 7.78. The molecule has 0 aliphatic heterocycles. The minimum Gasteiger partial charge on any atom is -0.212 e. The Morgan fingerprint density at radius 2 is 2.06 bits per heavy atom. The van der Waals surface area contributed by atoms with Crippen LogP contribution in [-0.2, 0) is 10.0 Å². The van der Waals surface area contributed by atoms with Crippen molar-refractivity contribution in [2.75, 3.05) is 0 Å². The van der Waals surface area contributed by atoms with Crippen molar-refractivity contribution in [3.8, 4) is 0 Å². The molecule has 1 aliphatic carbocycles. The number of rotatable bonds is 5. The van der Waals surface area contributed by atoms with Gasteiger partial charge in [0.05, 0.1) is 4.75 Å². The summed E-state index contributed by atoms with van der Waals surface area (Å²) in [6.07, 6.45) is 7.42. The molecule has 0 amide bonds. The van der Waals surface area contributed by atoms with Gasteiger partial charge in [-0.2, -0.15) is 0 Å². The molecule has 4 heteroatoms. The molecule has 100 valence electrons. The van der Waals surface area contributed by atoms with Crippen LogP contribution >= 0.6 is 0 Å². The Labute approximate surface area is 106 Å². The first-order valence-corrected chi connectivity index (χ1v) is 7.97. The Kier molecular flexibility index (Phi) is 4.78. The SMILES string of the molecule is CCCCC1=CCCC1NS(=O)(=O)C(C)(C)C. The molecule has 1 aliphatic rings. The molecule has 0 aromatic rings. The van der Waals surface area contributed by atoms with Crippen molar-refractivity contribution in [3.05, 3.63) is 11.6 Å². The van der Waals surface area contributed by atoms with Gasteiger partial charge >= 0.3 is 0 Å². The second-order valence-electron chi connectivity index (χ2n) is 5.75. The molecular formula is C13H25NO2S. The number of hydrogen-bond donors (Lipinski definition) is 1. The molecule has 1 rings (SSSR count). The molecule has 1 atom stereocenters. The maximum absolute atomic E-state index is 12.1. The lowest BCUT2D eigenvalue weighted by molar-refractivity contribution is 0.527. The van der Waals surface area contributed by atoms with Crippen molar-refractivity contribution in [1.82, 2.24) is 4.72 Å². The second kappa shape index (κ2) is 5.53. The van der Waals surface area contributed by atoms with Crippen molar-refractivity contribution in [1.29, 1.82) is 0 Å². The van der Waals surface area contributed by atoms with Crippen LogP contribution in [-0.4, -0.2) is 19.2 Å². The lowest BCUT2D eigenvalue weighted by Crippen LogP contribution is -2.44. The third-order valence-electron chi connectivity index (χ3n) is 3.23. The van der Waals surface area contributed by atoms with Crippen LogP contribution in [0, 0.1) is 0 Å². The van der Waals surface area contributed by atoms with Gasteiger partial charge in [-0.05, 0) is 46.5 Å². The Bertz CT molecular complexity index is 377. The topological polar surface area (TPSA) is 46.2 Å². The van der Waals surface area contributed by atoms with E-state index in [1.54, 1.807) is 20.8 Å². The quantitative estimate of drug-likeness (QED) is 0.772. The molecule has 0 fully saturated rings. The Morgan fingerprint density at radius 3 is 2.59 bits per heavy atom. The van der Waals surface area contributed by atoms with Crippen LogP contribution in [0.4, 0.5) is 0 Å². The van der Waals surface area contributed by atoms with Gasteiger partial charge in [0.25, 0.3) is 0 Å². The highest BCUT2D eigenvalue weighted by molar-refractivity contribution is 7.90. The molecule has 17 heavy (non-hydrogen) atoms. The van der Waals surface area contributed by atoms with Crippen LogP contribution < -0.4 is 4.72 Å². The van der Waals surface area contributed by atoms with Gasteiger partial charge in [-0.3, -0.25) is 0 Å². The van der Waals surface area contributed by atoms with E-state index in [1.807, 2.05) is 0 Å². The van der Waals surface area contributed by atoms with E-state index in [9.17, 15) is 8.42 Å². The van der Waals surface area contributed by atoms with Crippen LogP contribution in [0.2, 0.25) is 0 Å². The number of unbranched alkanes of at least 4 members (excludes halogenated alkanes) is 1. The average molecular weight is 259 g/mol. The smallest absolute Gasteiger partial charge is 0.212 e. The largest absolute Gasteiger partial charge is 0.217 e. The molecule has 0 aromatic heterocycles. The zero-order valence-electron chi connectivity index (χ0n) is 11.4. The van der Waals surface area contributed by atoms with Gasteiger partial charge in [-0.1, -0.05) is 25.0 Å². The van der Waals surface area contributed by atoms with Crippen molar-refractivity contribution in [3.63, 3.8) is 0 Å². The molecule has 0 bridgehead atoms. The monoisotopic (exact) mass is 259 g/mol. The standard InChI is InChI=1S/C13H25NO2S/c1-5-6-8-11-9-7-10-12(11)14-17(15,16)13(2,3)4/h9,12,14H,5-8,10H2,1-4H3. The maximum Gasteiger partial charge on any atom is 0.217 e. The van der Waals surface area contributed by atoms with Crippen molar-refractivity contribution < 1.29 is 8.42 Å². The molecule has 0 aromatic carbocycles. The maximum atomic E-state index is 12.1. The minimum absolute atomic E-state index is 0.0331. The number of allylic oxidation sites excluding steroid dienone is 1. The minimum atomic E-state index is -3.23. The highest BCUT2D eigenvalue weighted by Gasteiger charge is 2.32. The van der Waals surface area contributed by atoms with Gasteiger partial charge < -0.3 is 0 Å². The van der Waals surface area contributed by atoms with E-state index in [0.717, 1.165) is 32.1 Å². The first-order valence-electron chi connectivity index (χ1n) is 6.48. The van der Waals surface area contributed by atoms with E-state index in [1.165, 1.54) is 5.57 Å². The van der Waals surface area contributed by atoms with Gasteiger partial charge in [-0.15, -0.1) is 0 Å². The summed E-state index contributed by atoms with van der Waals surface area (Å²) >= 11 is 0. The fraction of sp³-hybridized carbons (Fsp3) is 0.846. The summed E-state index contributed by atoms with van der Waals surface area (Å²) in [5.41, 5.74) is 1.28. The molecule has 3 nitrogen and oxygen atoms in total. The Hall–Kier alpha value is -0.350. The molecule has 0 heterocycles. The van der Waals surface area contributed by atoms with E-state index in [-0.39, 0.29) is 6.04 Å². The predicted octanol–water partition coefficient (Wildman–Crippen LogP) is 2.98. The molecule has 0 saturated heterocycles. The van der Waals surface area contributed by atoms with E-state index in [0.29, 0.717) is 0 Å². The van der Waals surface area contributed by atoms with Crippen molar-refractivity contribution in [2.45, 2.75) is 70.6 Å². The molecule has 1 N–H and O–H groups in total. The van der Waals surface area contributed by atoms with Crippen LogP contribution in [0.5, 0.6) is 0 Å². The van der Waals surface area contributed by atoms with E-state index in [4.69, 9.17) is 0 Å². The lowest BCUT2D eigenvalue weighted by atomic mass is 10.1. The van der Waals surface area contributed by atoms with Gasteiger partial charge in [0.1, 0.15) is 0 Å². The normalized spacial score (nSPS) is 21.6. The summed E-state index contributed by atoms with van der Waals surface area (Å²) in [7, 11) is -3.23. The zero-order valence-corrected chi connectivity index (χ0v) is 12.2. The summed E-state index contributed by atoms with van der Waals surface area (Å²) < 4.78 is 26.3. The van der Waals surface area contributed by atoms with Crippen LogP contribution in [0.1, 0.15) is 59.8 Å². The van der Waals surface area contributed by atoms with Gasteiger partial charge in [0, 0.05) is 6.04 Å². The van der Waals surface area contributed by atoms with Crippen molar-refractivity contribution >= 4 is 10.0 Å². The van der Waals surface area contributed by atoms with Gasteiger partial charge in [-0.25, -0.2) is 13.1 Å². The second-order valence-corrected chi connectivity index (χ2v) is 8.21. The summed E-state index contributed by atoms with van der Waals surface area (Å²) in [5, 5.41) is 0. The molecule has 0 radical (unpaired) electrons. The third kappa shape index (κ3) is 3.81. The molecular weight excluding hydrogens is 234 g/mol. The van der Waals surface area contributed by atoms with Crippen molar-refractivity contribution in [2.24, 2.45) is 0 Å². The fourth-order valence-corrected chi connectivity index (χ4v) is 2.92. The molecule has 1 unspecified atom stereocenters. The lowest BCUT2D eigenvalue weighted by Gasteiger charge is -2.24. The number of nitrogens with one attached hydrogen (secondary N) is 1. The number of hydrogen-bond acceptors (Lipinski definition) is 2. The summed E-state index contributed by atoms with van der Waals surface area (Å²) in [5.74, 6) is 0. The zero-order chi connectivity index (χ0) is 13.1. The van der Waals surface area contributed by atoms with E-state index >= 15 is 0 Å². The highest BCUT2D eigenvalue weighted by Crippen LogP contribution is 2.26. The molecule has 0 saturated carbocycles. The van der Waals surface area contributed by atoms with E-state index < -0.39 is 14.8 Å². The van der Waals surface area contributed by atoms with E-state index in [2.05, 4.69) is 17.7 Å².